The molecule has 1 fully saturated rings. The third kappa shape index (κ3) is 3.48. The van der Waals surface area contributed by atoms with Gasteiger partial charge in [0.05, 0.1) is 6.04 Å². The van der Waals surface area contributed by atoms with E-state index in [-0.39, 0.29) is 6.04 Å². The molecule has 4 rings (SSSR count). The van der Waals surface area contributed by atoms with Crippen molar-refractivity contribution in [3.63, 3.8) is 0 Å². The van der Waals surface area contributed by atoms with Crippen molar-refractivity contribution in [2.75, 3.05) is 13.1 Å². The Balaban J connectivity index is 1.64. The van der Waals surface area contributed by atoms with Crippen molar-refractivity contribution in [2.45, 2.75) is 24.9 Å². The van der Waals surface area contributed by atoms with E-state index in [1.807, 2.05) is 12.1 Å². The molecule has 1 aromatic heterocycles. The average molecular weight is 340 g/mol. The molecule has 124 valence electrons. The van der Waals surface area contributed by atoms with Gasteiger partial charge < -0.3 is 15.6 Å². The molecule has 1 aliphatic rings. The minimum Gasteiger partial charge on any atom is -0.357 e. The molecule has 2 atom stereocenters. The van der Waals surface area contributed by atoms with E-state index in [9.17, 15) is 0 Å². The fraction of sp³-hybridized carbons (Fsp3) is 0.300. The zero-order chi connectivity index (χ0) is 16.4. The molecule has 2 heterocycles. The Labute approximate surface area is 147 Å². The second-order valence-electron chi connectivity index (χ2n) is 6.55. The molecule has 3 aromatic rings. The van der Waals surface area contributed by atoms with Gasteiger partial charge in [0.25, 0.3) is 0 Å². The lowest BCUT2D eigenvalue weighted by Gasteiger charge is -2.22. The van der Waals surface area contributed by atoms with Crippen LogP contribution in [0.15, 0.2) is 54.6 Å². The Morgan fingerprint density at radius 2 is 2.00 bits per heavy atom. The quantitative estimate of drug-likeness (QED) is 0.656. The largest absolute Gasteiger partial charge is 0.357 e. The number of aromatic nitrogens is 1. The van der Waals surface area contributed by atoms with Gasteiger partial charge in [-0.05, 0) is 49.2 Å². The number of benzene rings is 2. The lowest BCUT2D eigenvalue weighted by molar-refractivity contribution is 0.446. The highest BCUT2D eigenvalue weighted by Gasteiger charge is 2.21. The van der Waals surface area contributed by atoms with Crippen LogP contribution in [0.3, 0.4) is 0 Å². The molecule has 2 aromatic carbocycles. The van der Waals surface area contributed by atoms with Crippen molar-refractivity contribution >= 4 is 22.5 Å². The minimum absolute atomic E-state index is 0.267. The molecule has 0 radical (unpaired) electrons. The molecule has 1 saturated heterocycles. The highest BCUT2D eigenvalue weighted by atomic mass is 35.5. The maximum atomic E-state index is 6.14. The maximum absolute atomic E-state index is 6.14. The zero-order valence-corrected chi connectivity index (χ0v) is 14.3. The van der Waals surface area contributed by atoms with Gasteiger partial charge in [-0.1, -0.05) is 41.9 Å². The summed E-state index contributed by atoms with van der Waals surface area (Å²) in [6.07, 6.45) is 2.15. The smallest absolute Gasteiger partial charge is 0.0516 e. The number of halogens is 1. The van der Waals surface area contributed by atoms with E-state index in [1.165, 1.54) is 23.1 Å². The predicted molar refractivity (Wildman–Crippen MR) is 101 cm³/mol. The Kier molecular flexibility index (Phi) is 4.56. The van der Waals surface area contributed by atoms with Crippen LogP contribution in [0.4, 0.5) is 0 Å². The summed E-state index contributed by atoms with van der Waals surface area (Å²) in [5.41, 5.74) is 3.71. The number of rotatable bonds is 5. The van der Waals surface area contributed by atoms with Gasteiger partial charge in [-0.2, -0.15) is 0 Å². The summed E-state index contributed by atoms with van der Waals surface area (Å²) < 4.78 is 0. The standard InChI is InChI=1S/C20H22ClN3/c21-16-6-7-18-15(11-16)12-20(24-18)19(23-17-8-9-22-13-17)10-14-4-2-1-3-5-14/h1-7,11-12,17,19,22-24H,8-10,13H2/t17?,19-/m1/s1. The first-order chi connectivity index (χ1) is 11.8. The molecule has 24 heavy (non-hydrogen) atoms. The monoisotopic (exact) mass is 339 g/mol. The van der Waals surface area contributed by atoms with Gasteiger partial charge in [0.15, 0.2) is 0 Å². The van der Waals surface area contributed by atoms with Crippen molar-refractivity contribution in [1.29, 1.82) is 0 Å². The number of H-pyrrole nitrogens is 1. The Hall–Kier alpha value is -1.81. The molecule has 0 aliphatic carbocycles. The molecule has 0 saturated carbocycles. The van der Waals surface area contributed by atoms with Gasteiger partial charge in [-0.25, -0.2) is 0 Å². The predicted octanol–water partition coefficient (Wildman–Crippen LogP) is 4.06. The molecule has 0 bridgehead atoms. The number of hydrogen-bond donors (Lipinski definition) is 3. The minimum atomic E-state index is 0.267. The van der Waals surface area contributed by atoms with Gasteiger partial charge in [-0.15, -0.1) is 0 Å². The maximum Gasteiger partial charge on any atom is 0.0516 e. The van der Waals surface area contributed by atoms with E-state index in [4.69, 9.17) is 11.6 Å². The second-order valence-corrected chi connectivity index (χ2v) is 6.99. The normalized spacial score (nSPS) is 19.0. The van der Waals surface area contributed by atoms with Crippen molar-refractivity contribution < 1.29 is 0 Å². The summed E-state index contributed by atoms with van der Waals surface area (Å²) in [5.74, 6) is 0. The molecule has 3 nitrogen and oxygen atoms in total. The summed E-state index contributed by atoms with van der Waals surface area (Å²) >= 11 is 6.14. The summed E-state index contributed by atoms with van der Waals surface area (Å²) in [6, 6.07) is 19.7. The van der Waals surface area contributed by atoms with Crippen LogP contribution < -0.4 is 10.6 Å². The first kappa shape index (κ1) is 15.7. The van der Waals surface area contributed by atoms with Crippen LogP contribution in [0, 0.1) is 0 Å². The van der Waals surface area contributed by atoms with Crippen molar-refractivity contribution in [1.82, 2.24) is 15.6 Å². The highest BCUT2D eigenvalue weighted by Crippen LogP contribution is 2.26. The van der Waals surface area contributed by atoms with Gasteiger partial charge in [0.1, 0.15) is 0 Å². The van der Waals surface area contributed by atoms with Crippen molar-refractivity contribution in [3.8, 4) is 0 Å². The Morgan fingerprint density at radius 3 is 2.79 bits per heavy atom. The molecular formula is C20H22ClN3. The van der Waals surface area contributed by atoms with Crippen LogP contribution in [0.2, 0.25) is 5.02 Å². The van der Waals surface area contributed by atoms with Gasteiger partial charge in [0.2, 0.25) is 0 Å². The highest BCUT2D eigenvalue weighted by molar-refractivity contribution is 6.31. The Bertz CT molecular complexity index is 806. The van der Waals surface area contributed by atoms with E-state index in [0.717, 1.165) is 30.0 Å². The summed E-state index contributed by atoms with van der Waals surface area (Å²) in [6.45, 7) is 2.13. The zero-order valence-electron chi connectivity index (χ0n) is 13.6. The topological polar surface area (TPSA) is 39.9 Å². The van der Waals surface area contributed by atoms with Gasteiger partial charge in [-0.3, -0.25) is 0 Å². The third-order valence-electron chi connectivity index (χ3n) is 4.76. The molecule has 0 spiro atoms. The number of nitrogens with one attached hydrogen (secondary N) is 3. The molecular weight excluding hydrogens is 318 g/mol. The first-order valence-electron chi connectivity index (χ1n) is 8.57. The average Bonchev–Trinajstić information content (AvgIpc) is 3.24. The van der Waals surface area contributed by atoms with Crippen LogP contribution in [-0.2, 0) is 6.42 Å². The van der Waals surface area contributed by atoms with Crippen LogP contribution in [0.1, 0.15) is 23.7 Å². The van der Waals surface area contributed by atoms with E-state index >= 15 is 0 Å². The summed E-state index contributed by atoms with van der Waals surface area (Å²) in [5, 5.41) is 9.21. The van der Waals surface area contributed by atoms with Crippen LogP contribution in [0.5, 0.6) is 0 Å². The summed E-state index contributed by atoms with van der Waals surface area (Å²) in [4.78, 5) is 3.58. The lowest BCUT2D eigenvalue weighted by Crippen LogP contribution is -2.35. The molecule has 1 unspecified atom stereocenters. The van der Waals surface area contributed by atoms with Crippen LogP contribution in [-0.4, -0.2) is 24.1 Å². The number of hydrogen-bond acceptors (Lipinski definition) is 2. The molecule has 0 amide bonds. The number of fused-ring (bicyclic) bond motifs is 1. The van der Waals surface area contributed by atoms with Crippen LogP contribution in [0.25, 0.3) is 10.9 Å². The summed E-state index contributed by atoms with van der Waals surface area (Å²) in [7, 11) is 0. The molecule has 3 N–H and O–H groups in total. The van der Waals surface area contributed by atoms with E-state index < -0.39 is 0 Å². The number of aromatic amines is 1. The van der Waals surface area contributed by atoms with Crippen LogP contribution >= 0.6 is 11.6 Å². The molecule has 1 aliphatic heterocycles. The fourth-order valence-electron chi connectivity index (χ4n) is 3.50. The SMILES string of the molecule is Clc1ccc2[nH]c([C@@H](Cc3ccccc3)NC3CCNC3)cc2c1. The van der Waals surface area contributed by atoms with E-state index in [2.05, 4.69) is 58.1 Å². The first-order valence-corrected chi connectivity index (χ1v) is 8.94. The van der Waals surface area contributed by atoms with E-state index in [0.29, 0.717) is 6.04 Å². The second kappa shape index (κ2) is 6.98. The Morgan fingerprint density at radius 1 is 1.12 bits per heavy atom. The lowest BCUT2D eigenvalue weighted by atomic mass is 10.0. The van der Waals surface area contributed by atoms with Gasteiger partial charge >= 0.3 is 0 Å². The third-order valence-corrected chi connectivity index (χ3v) is 4.99. The fourth-order valence-corrected chi connectivity index (χ4v) is 3.68. The van der Waals surface area contributed by atoms with Crippen molar-refractivity contribution in [2.24, 2.45) is 0 Å². The molecule has 4 heteroatoms. The van der Waals surface area contributed by atoms with E-state index in [1.54, 1.807) is 0 Å². The van der Waals surface area contributed by atoms with Gasteiger partial charge in [0, 0.05) is 34.2 Å². The van der Waals surface area contributed by atoms with Crippen molar-refractivity contribution in [3.05, 3.63) is 70.9 Å².